The molecule has 22 heavy (non-hydrogen) atoms. The molecule has 1 aromatic carbocycles. The number of carbonyl (C=O) groups excluding carboxylic acids is 1. The second-order valence-corrected chi connectivity index (χ2v) is 7.11. The van der Waals surface area contributed by atoms with Crippen molar-refractivity contribution in [3.05, 3.63) is 46.0 Å². The van der Waals surface area contributed by atoms with Crippen molar-refractivity contribution in [3.8, 4) is 0 Å². The summed E-state index contributed by atoms with van der Waals surface area (Å²) in [6, 6.07) is 8.13. The molecule has 0 radical (unpaired) electrons. The minimum absolute atomic E-state index is 0.0909. The molecule has 1 aromatic heterocycles. The van der Waals surface area contributed by atoms with Crippen LogP contribution >= 0.6 is 11.3 Å². The van der Waals surface area contributed by atoms with Crippen LogP contribution in [0.3, 0.4) is 0 Å². The molecule has 0 unspecified atom stereocenters. The Balaban J connectivity index is 1.72. The molecule has 116 valence electrons. The third-order valence-electron chi connectivity index (χ3n) is 4.03. The van der Waals surface area contributed by atoms with Gasteiger partial charge in [-0.2, -0.15) is 0 Å². The molecule has 2 heterocycles. The number of thiazole rings is 1. The lowest BCUT2D eigenvalue weighted by molar-refractivity contribution is 0.102. The quantitative estimate of drug-likeness (QED) is 0.943. The predicted octanol–water partition coefficient (Wildman–Crippen LogP) is 3.47. The maximum absolute atomic E-state index is 12.3. The number of nitrogens with one attached hydrogen (secondary N) is 1. The highest BCUT2D eigenvalue weighted by atomic mass is 32.1. The van der Waals surface area contributed by atoms with E-state index in [1.165, 1.54) is 4.88 Å². The molecule has 1 aliphatic heterocycles. The number of aromatic nitrogens is 1. The van der Waals surface area contributed by atoms with Crippen molar-refractivity contribution in [3.63, 3.8) is 0 Å². The zero-order valence-corrected chi connectivity index (χ0v) is 14.0. The summed E-state index contributed by atoms with van der Waals surface area (Å²) in [4.78, 5) is 20.6. The Morgan fingerprint density at radius 3 is 2.73 bits per heavy atom. The zero-order valence-electron chi connectivity index (χ0n) is 13.2. The maximum atomic E-state index is 12.3. The lowest BCUT2D eigenvalue weighted by Gasteiger charge is -2.29. The van der Waals surface area contributed by atoms with Crippen molar-refractivity contribution in [1.82, 2.24) is 9.88 Å². The highest BCUT2D eigenvalue weighted by Crippen LogP contribution is 2.29. The first-order valence-corrected chi connectivity index (χ1v) is 8.45. The van der Waals surface area contributed by atoms with E-state index in [2.05, 4.69) is 29.0 Å². The Kier molecular flexibility index (Phi) is 4.27. The molecule has 0 spiro atoms. The third-order valence-corrected chi connectivity index (χ3v) is 5.02. The molecule has 0 saturated heterocycles. The molecule has 1 amide bonds. The summed E-state index contributed by atoms with van der Waals surface area (Å²) >= 11 is 1.60. The van der Waals surface area contributed by atoms with Gasteiger partial charge in [0.05, 0.1) is 5.69 Å². The van der Waals surface area contributed by atoms with E-state index in [-0.39, 0.29) is 5.91 Å². The zero-order chi connectivity index (χ0) is 15.7. The van der Waals surface area contributed by atoms with E-state index >= 15 is 0 Å². The van der Waals surface area contributed by atoms with Crippen molar-refractivity contribution >= 4 is 22.4 Å². The smallest absolute Gasteiger partial charge is 0.257 e. The van der Waals surface area contributed by atoms with E-state index < -0.39 is 0 Å². The van der Waals surface area contributed by atoms with Gasteiger partial charge >= 0.3 is 0 Å². The Bertz CT molecular complexity index is 676. The standard InChI is InChI=1S/C17H21N3OS/c1-11(2)20-9-8-14-15(10-20)22-17(18-14)19-16(21)13-6-4-12(3)5-7-13/h4-7,11H,8-10H2,1-3H3,(H,18,19,21). The van der Waals surface area contributed by atoms with Crippen LogP contribution in [-0.2, 0) is 13.0 Å². The lowest BCUT2D eigenvalue weighted by Crippen LogP contribution is -2.35. The number of rotatable bonds is 3. The molecule has 5 heteroatoms. The van der Waals surface area contributed by atoms with Crippen molar-refractivity contribution in [2.45, 2.75) is 39.8 Å². The van der Waals surface area contributed by atoms with E-state index in [1.807, 2.05) is 31.2 Å². The van der Waals surface area contributed by atoms with Crippen LogP contribution < -0.4 is 5.32 Å². The van der Waals surface area contributed by atoms with Gasteiger partial charge in [-0.1, -0.05) is 17.7 Å². The summed E-state index contributed by atoms with van der Waals surface area (Å²) in [5.41, 5.74) is 2.96. The molecule has 0 bridgehead atoms. The molecule has 4 nitrogen and oxygen atoms in total. The number of nitrogens with zero attached hydrogens (tertiary/aromatic N) is 2. The van der Waals surface area contributed by atoms with Gasteiger partial charge in [-0.05, 0) is 32.9 Å². The number of amides is 1. The predicted molar refractivity (Wildman–Crippen MR) is 90.5 cm³/mol. The van der Waals surface area contributed by atoms with Gasteiger partial charge in [0, 0.05) is 36.0 Å². The van der Waals surface area contributed by atoms with Gasteiger partial charge in [0.1, 0.15) is 0 Å². The van der Waals surface area contributed by atoms with Crippen molar-refractivity contribution < 1.29 is 4.79 Å². The Morgan fingerprint density at radius 1 is 1.32 bits per heavy atom. The molecular formula is C17H21N3OS. The molecular weight excluding hydrogens is 294 g/mol. The highest BCUT2D eigenvalue weighted by molar-refractivity contribution is 7.15. The maximum Gasteiger partial charge on any atom is 0.257 e. The highest BCUT2D eigenvalue weighted by Gasteiger charge is 2.22. The molecule has 0 saturated carbocycles. The SMILES string of the molecule is Cc1ccc(C(=O)Nc2nc3c(s2)CN(C(C)C)CC3)cc1. The summed E-state index contributed by atoms with van der Waals surface area (Å²) in [6.07, 6.45) is 0.963. The third kappa shape index (κ3) is 3.20. The van der Waals surface area contributed by atoms with Gasteiger partial charge in [0.25, 0.3) is 5.91 Å². The Hall–Kier alpha value is -1.72. The first-order valence-electron chi connectivity index (χ1n) is 7.63. The van der Waals surface area contributed by atoms with Crippen LogP contribution in [0.25, 0.3) is 0 Å². The lowest BCUT2D eigenvalue weighted by atomic mass is 10.1. The van der Waals surface area contributed by atoms with E-state index in [0.717, 1.165) is 30.8 Å². The minimum Gasteiger partial charge on any atom is -0.298 e. The van der Waals surface area contributed by atoms with Crippen molar-refractivity contribution in [2.75, 3.05) is 11.9 Å². The van der Waals surface area contributed by atoms with Crippen molar-refractivity contribution in [2.24, 2.45) is 0 Å². The fourth-order valence-corrected chi connectivity index (χ4v) is 3.61. The Morgan fingerprint density at radius 2 is 2.05 bits per heavy atom. The molecule has 1 N–H and O–H groups in total. The summed E-state index contributed by atoms with van der Waals surface area (Å²) < 4.78 is 0. The van der Waals surface area contributed by atoms with Crippen LogP contribution in [0.5, 0.6) is 0 Å². The van der Waals surface area contributed by atoms with E-state index in [1.54, 1.807) is 11.3 Å². The molecule has 0 fully saturated rings. The number of hydrogen-bond acceptors (Lipinski definition) is 4. The van der Waals surface area contributed by atoms with Gasteiger partial charge in [-0.15, -0.1) is 11.3 Å². The molecule has 0 atom stereocenters. The van der Waals surface area contributed by atoms with Crippen LogP contribution in [-0.4, -0.2) is 28.4 Å². The number of hydrogen-bond donors (Lipinski definition) is 1. The van der Waals surface area contributed by atoms with E-state index in [9.17, 15) is 4.79 Å². The van der Waals surface area contributed by atoms with Crippen LogP contribution in [0.1, 0.15) is 40.3 Å². The first kappa shape index (κ1) is 15.2. The fourth-order valence-electron chi connectivity index (χ4n) is 2.58. The average Bonchev–Trinajstić information content (AvgIpc) is 2.88. The van der Waals surface area contributed by atoms with Gasteiger partial charge in [0.2, 0.25) is 0 Å². The monoisotopic (exact) mass is 315 g/mol. The number of carbonyl (C=O) groups is 1. The normalized spacial score (nSPS) is 14.9. The summed E-state index contributed by atoms with van der Waals surface area (Å²) in [7, 11) is 0. The average molecular weight is 315 g/mol. The van der Waals surface area contributed by atoms with Crippen LogP contribution in [0.15, 0.2) is 24.3 Å². The van der Waals surface area contributed by atoms with Gasteiger partial charge < -0.3 is 0 Å². The molecule has 1 aliphatic rings. The second kappa shape index (κ2) is 6.18. The second-order valence-electron chi connectivity index (χ2n) is 6.02. The number of fused-ring (bicyclic) bond motifs is 1. The number of anilines is 1. The van der Waals surface area contributed by atoms with E-state index in [0.29, 0.717) is 16.7 Å². The molecule has 0 aliphatic carbocycles. The summed E-state index contributed by atoms with van der Waals surface area (Å²) in [6.45, 7) is 8.42. The Labute approximate surface area is 135 Å². The van der Waals surface area contributed by atoms with Crippen LogP contribution in [0.2, 0.25) is 0 Å². The molecule has 2 aromatic rings. The van der Waals surface area contributed by atoms with Crippen LogP contribution in [0.4, 0.5) is 5.13 Å². The summed E-state index contributed by atoms with van der Waals surface area (Å²) in [5.74, 6) is -0.0909. The topological polar surface area (TPSA) is 45.2 Å². The largest absolute Gasteiger partial charge is 0.298 e. The van der Waals surface area contributed by atoms with E-state index in [4.69, 9.17) is 0 Å². The van der Waals surface area contributed by atoms with Crippen LogP contribution in [0, 0.1) is 6.92 Å². The van der Waals surface area contributed by atoms with Gasteiger partial charge in [0.15, 0.2) is 5.13 Å². The van der Waals surface area contributed by atoms with Gasteiger partial charge in [-0.25, -0.2) is 4.98 Å². The number of aryl methyl sites for hydroxylation is 1. The first-order chi connectivity index (χ1) is 10.5. The minimum atomic E-state index is -0.0909. The van der Waals surface area contributed by atoms with Crippen molar-refractivity contribution in [1.29, 1.82) is 0 Å². The van der Waals surface area contributed by atoms with Gasteiger partial charge in [-0.3, -0.25) is 15.0 Å². The fraction of sp³-hybridized carbons (Fsp3) is 0.412. The molecule has 3 rings (SSSR count). The number of benzene rings is 1. The summed E-state index contributed by atoms with van der Waals surface area (Å²) in [5, 5.41) is 3.64.